The van der Waals surface area contributed by atoms with Gasteiger partial charge in [-0.2, -0.15) is 0 Å². The molecule has 3 aromatic rings. The Kier molecular flexibility index (Phi) is 7.21. The summed E-state index contributed by atoms with van der Waals surface area (Å²) in [5, 5.41) is 2.75. The first-order chi connectivity index (χ1) is 17.6. The van der Waals surface area contributed by atoms with Crippen molar-refractivity contribution < 1.29 is 23.9 Å². The van der Waals surface area contributed by atoms with Crippen LogP contribution in [0.2, 0.25) is 0 Å². The summed E-state index contributed by atoms with van der Waals surface area (Å²) in [5.41, 5.74) is 3.32. The number of ketones is 2. The number of fused-ring (bicyclic) bond motifs is 1. The molecular formula is C31H29NO5. The number of ether oxygens (including phenoxy) is 1. The minimum absolute atomic E-state index is 0.277. The van der Waals surface area contributed by atoms with E-state index in [1.807, 2.05) is 76.2 Å². The average molecular weight is 496 g/mol. The molecule has 0 fully saturated rings. The molecule has 0 bridgehead atoms. The van der Waals surface area contributed by atoms with E-state index in [1.165, 1.54) is 6.08 Å². The topological polar surface area (TPSA) is 89.5 Å². The largest absolute Gasteiger partial charge is 0.453 e. The van der Waals surface area contributed by atoms with E-state index in [-0.39, 0.29) is 11.0 Å². The maximum atomic E-state index is 13.6. The van der Waals surface area contributed by atoms with E-state index >= 15 is 0 Å². The molecule has 1 amide bonds. The van der Waals surface area contributed by atoms with Crippen LogP contribution in [0.5, 0.6) is 0 Å². The second-order valence-electron chi connectivity index (χ2n) is 10.1. The summed E-state index contributed by atoms with van der Waals surface area (Å²) in [4.78, 5) is 52.9. The quantitative estimate of drug-likeness (QED) is 0.199. The summed E-state index contributed by atoms with van der Waals surface area (Å²) >= 11 is 0. The van der Waals surface area contributed by atoms with Crippen molar-refractivity contribution in [1.29, 1.82) is 0 Å². The van der Waals surface area contributed by atoms with Crippen LogP contribution in [-0.4, -0.2) is 23.4 Å². The van der Waals surface area contributed by atoms with Crippen LogP contribution in [0.25, 0.3) is 6.08 Å². The van der Waals surface area contributed by atoms with Crippen LogP contribution in [0.15, 0.2) is 78.9 Å². The zero-order chi connectivity index (χ0) is 26.7. The molecule has 0 saturated carbocycles. The van der Waals surface area contributed by atoms with Gasteiger partial charge >= 0.3 is 5.97 Å². The molecule has 0 aromatic heterocycles. The second kappa shape index (κ2) is 10.3. The number of aryl methyl sites for hydroxylation is 1. The van der Waals surface area contributed by atoms with Crippen molar-refractivity contribution in [3.05, 3.63) is 107 Å². The van der Waals surface area contributed by atoms with Crippen LogP contribution >= 0.6 is 0 Å². The number of anilines is 1. The number of cyclic esters (lactones) is 1. The van der Waals surface area contributed by atoms with Crippen molar-refractivity contribution in [3.8, 4) is 0 Å². The molecule has 0 spiro atoms. The van der Waals surface area contributed by atoms with E-state index < -0.39 is 35.5 Å². The Bertz CT molecular complexity index is 1400. The van der Waals surface area contributed by atoms with Crippen molar-refractivity contribution in [3.63, 3.8) is 0 Å². The fraction of sp³-hybridized carbons (Fsp3) is 0.226. The smallest absolute Gasteiger partial charge is 0.339 e. The number of carbonyl (C=O) groups excluding carboxylic acids is 4. The Morgan fingerprint density at radius 3 is 2.30 bits per heavy atom. The molecule has 0 unspecified atom stereocenters. The van der Waals surface area contributed by atoms with Gasteiger partial charge in [0.25, 0.3) is 5.91 Å². The summed E-state index contributed by atoms with van der Waals surface area (Å²) in [6.45, 7) is 7.87. The molecule has 37 heavy (non-hydrogen) atoms. The van der Waals surface area contributed by atoms with Gasteiger partial charge in [0.1, 0.15) is 12.0 Å². The molecule has 6 heteroatoms. The van der Waals surface area contributed by atoms with Gasteiger partial charge in [-0.05, 0) is 41.2 Å². The van der Waals surface area contributed by atoms with Crippen molar-refractivity contribution >= 4 is 35.2 Å². The van der Waals surface area contributed by atoms with Gasteiger partial charge in [0, 0.05) is 11.3 Å². The number of rotatable bonds is 7. The normalized spacial score (nSPS) is 15.7. The second-order valence-corrected chi connectivity index (χ2v) is 10.1. The molecule has 6 nitrogen and oxygen atoms in total. The van der Waals surface area contributed by atoms with Crippen LogP contribution < -0.4 is 5.32 Å². The van der Waals surface area contributed by atoms with Crippen molar-refractivity contribution in [1.82, 2.24) is 0 Å². The number of Topliss-reactive ketones (excluding diaryl/α,β-unsaturated/α-hetero) is 1. The fourth-order valence-electron chi connectivity index (χ4n) is 4.46. The molecule has 0 aliphatic carbocycles. The predicted molar refractivity (Wildman–Crippen MR) is 142 cm³/mol. The molecule has 1 N–H and O–H groups in total. The number of esters is 1. The van der Waals surface area contributed by atoms with E-state index in [9.17, 15) is 19.2 Å². The van der Waals surface area contributed by atoms with Gasteiger partial charge in [0.05, 0.1) is 5.56 Å². The minimum atomic E-state index is -1.53. The number of allylic oxidation sites excluding steroid dienone is 1. The van der Waals surface area contributed by atoms with Gasteiger partial charge in [-0.1, -0.05) is 93.6 Å². The monoisotopic (exact) mass is 495 g/mol. The van der Waals surface area contributed by atoms with Crippen molar-refractivity contribution in [2.45, 2.75) is 39.2 Å². The molecule has 1 heterocycles. The highest BCUT2D eigenvalue weighted by Crippen LogP contribution is 2.38. The van der Waals surface area contributed by atoms with Gasteiger partial charge in [-0.25, -0.2) is 4.79 Å². The molecule has 0 saturated heterocycles. The first-order valence-corrected chi connectivity index (χ1v) is 12.1. The van der Waals surface area contributed by atoms with E-state index in [0.29, 0.717) is 11.3 Å². The highest BCUT2D eigenvalue weighted by atomic mass is 16.5. The molecule has 188 valence electrons. The van der Waals surface area contributed by atoms with E-state index in [4.69, 9.17) is 4.74 Å². The van der Waals surface area contributed by atoms with Gasteiger partial charge < -0.3 is 10.1 Å². The van der Waals surface area contributed by atoms with Crippen LogP contribution in [0.1, 0.15) is 59.5 Å². The third kappa shape index (κ3) is 5.43. The van der Waals surface area contributed by atoms with Crippen LogP contribution in [-0.2, 0) is 24.5 Å². The zero-order valence-electron chi connectivity index (χ0n) is 21.3. The number of nitrogens with one attached hydrogen (secondary N) is 1. The lowest BCUT2D eigenvalue weighted by molar-refractivity contribution is -0.143. The van der Waals surface area contributed by atoms with Gasteiger partial charge in [-0.15, -0.1) is 0 Å². The summed E-state index contributed by atoms with van der Waals surface area (Å²) in [5.74, 6) is -4.70. The fourth-order valence-corrected chi connectivity index (χ4v) is 4.46. The van der Waals surface area contributed by atoms with E-state index in [1.54, 1.807) is 30.3 Å². The molecular weight excluding hydrogens is 466 g/mol. The zero-order valence-corrected chi connectivity index (χ0v) is 21.3. The van der Waals surface area contributed by atoms with Crippen molar-refractivity contribution in [2.24, 2.45) is 5.92 Å². The van der Waals surface area contributed by atoms with E-state index in [0.717, 1.165) is 16.7 Å². The number of hydrogen-bond acceptors (Lipinski definition) is 5. The molecule has 1 aliphatic heterocycles. The Balaban J connectivity index is 1.70. The summed E-state index contributed by atoms with van der Waals surface area (Å²) < 4.78 is 5.50. The van der Waals surface area contributed by atoms with Crippen LogP contribution in [0.4, 0.5) is 5.69 Å². The third-order valence-corrected chi connectivity index (χ3v) is 6.40. The number of benzene rings is 3. The standard InChI is InChI=1S/C31H29NO5/c1-19-11-10-16-23(31(2,3)4)26(19)32-29(35)27(34)25(24(33)18-17-20-12-6-5-7-13-20)28-21-14-8-9-15-22(21)30(36)37-28/h5-18,25,28H,1-4H3,(H,32,35)/b18-17-/t25-,28-/m0/s1. The molecule has 2 atom stereocenters. The maximum absolute atomic E-state index is 13.6. The van der Waals surface area contributed by atoms with Gasteiger partial charge in [-0.3, -0.25) is 14.4 Å². The number of carbonyl (C=O) groups is 4. The lowest BCUT2D eigenvalue weighted by Gasteiger charge is -2.25. The lowest BCUT2D eigenvalue weighted by Crippen LogP contribution is -2.38. The summed E-state index contributed by atoms with van der Waals surface area (Å²) in [6, 6.07) is 21.3. The Labute approximate surface area is 216 Å². The Hall–Kier alpha value is -4.32. The molecule has 4 rings (SSSR count). The predicted octanol–water partition coefficient (Wildman–Crippen LogP) is 5.61. The summed E-state index contributed by atoms with van der Waals surface area (Å²) in [6.07, 6.45) is 1.63. The molecule has 1 aliphatic rings. The lowest BCUT2D eigenvalue weighted by atomic mass is 9.84. The minimum Gasteiger partial charge on any atom is -0.453 e. The molecule has 0 radical (unpaired) electrons. The van der Waals surface area contributed by atoms with Crippen molar-refractivity contribution in [2.75, 3.05) is 5.32 Å². The number of amides is 1. The highest BCUT2D eigenvalue weighted by Gasteiger charge is 2.45. The first-order valence-electron chi connectivity index (χ1n) is 12.1. The maximum Gasteiger partial charge on any atom is 0.339 e. The van der Waals surface area contributed by atoms with Gasteiger partial charge in [0.2, 0.25) is 5.78 Å². The number of hydrogen-bond donors (Lipinski definition) is 1. The molecule has 3 aromatic carbocycles. The third-order valence-electron chi connectivity index (χ3n) is 6.40. The highest BCUT2D eigenvalue weighted by molar-refractivity contribution is 6.45. The average Bonchev–Trinajstić information content (AvgIpc) is 3.20. The SMILES string of the molecule is Cc1cccc(C(C)(C)C)c1NC(=O)C(=O)[C@H](C(=O)/C=C\c1ccccc1)[C@H]1OC(=O)c2ccccc21. The van der Waals surface area contributed by atoms with Gasteiger partial charge in [0.15, 0.2) is 5.78 Å². The van der Waals surface area contributed by atoms with Crippen LogP contribution in [0.3, 0.4) is 0 Å². The Morgan fingerprint density at radius 1 is 0.919 bits per heavy atom. The number of para-hydroxylation sites is 1. The van der Waals surface area contributed by atoms with Crippen LogP contribution in [0, 0.1) is 12.8 Å². The Morgan fingerprint density at radius 2 is 1.59 bits per heavy atom. The first kappa shape index (κ1) is 25.8. The van der Waals surface area contributed by atoms with E-state index in [2.05, 4.69) is 5.32 Å². The summed E-state index contributed by atoms with van der Waals surface area (Å²) in [7, 11) is 0.